The number of guanidine groups is 1. The largest absolute Gasteiger partial charge is 0.369 e. The van der Waals surface area contributed by atoms with E-state index in [1.807, 2.05) is 48.3 Å². The minimum absolute atomic E-state index is 0.532. The van der Waals surface area contributed by atoms with Crippen LogP contribution in [0.1, 0.15) is 4.88 Å². The molecule has 0 radical (unpaired) electrons. The van der Waals surface area contributed by atoms with Crippen LogP contribution in [0, 0.1) is 0 Å². The minimum Gasteiger partial charge on any atom is -0.369 e. The zero-order valence-electron chi connectivity index (χ0n) is 9.71. The van der Waals surface area contributed by atoms with E-state index in [0.29, 0.717) is 5.96 Å². The van der Waals surface area contributed by atoms with Crippen LogP contribution in [0.15, 0.2) is 52.8 Å². The maximum atomic E-state index is 5.95. The van der Waals surface area contributed by atoms with Gasteiger partial charge in [-0.3, -0.25) is 0 Å². The van der Waals surface area contributed by atoms with Gasteiger partial charge in [-0.2, -0.15) is 0 Å². The summed E-state index contributed by atoms with van der Waals surface area (Å²) in [5.41, 5.74) is 6.82. The molecule has 1 heterocycles. The first kappa shape index (κ1) is 11.7. The van der Waals surface area contributed by atoms with Gasteiger partial charge < -0.3 is 10.6 Å². The maximum Gasteiger partial charge on any atom is 0.196 e. The van der Waals surface area contributed by atoms with E-state index in [-0.39, 0.29) is 0 Å². The Morgan fingerprint density at radius 2 is 2.00 bits per heavy atom. The van der Waals surface area contributed by atoms with Gasteiger partial charge in [-0.05, 0) is 23.6 Å². The Balaban J connectivity index is 2.04. The van der Waals surface area contributed by atoms with Crippen molar-refractivity contribution in [1.82, 2.24) is 4.90 Å². The van der Waals surface area contributed by atoms with Crippen LogP contribution in [0.2, 0.25) is 0 Å². The van der Waals surface area contributed by atoms with Gasteiger partial charge in [-0.1, -0.05) is 24.3 Å². The Bertz CT molecular complexity index is 477. The lowest BCUT2D eigenvalue weighted by molar-refractivity contribution is 0.500. The monoisotopic (exact) mass is 245 g/mol. The predicted molar refractivity (Wildman–Crippen MR) is 73.5 cm³/mol. The smallest absolute Gasteiger partial charge is 0.196 e. The Kier molecular flexibility index (Phi) is 3.77. The Labute approximate surface area is 105 Å². The fourth-order valence-electron chi connectivity index (χ4n) is 1.44. The molecule has 0 saturated carbocycles. The van der Waals surface area contributed by atoms with Crippen molar-refractivity contribution in [2.24, 2.45) is 10.7 Å². The summed E-state index contributed by atoms with van der Waals surface area (Å²) in [6.07, 6.45) is 0. The molecule has 0 aliphatic heterocycles. The lowest BCUT2D eigenvalue weighted by Crippen LogP contribution is -2.32. The third-order valence-corrected chi connectivity index (χ3v) is 3.23. The zero-order valence-corrected chi connectivity index (χ0v) is 10.5. The van der Waals surface area contributed by atoms with E-state index >= 15 is 0 Å². The van der Waals surface area contributed by atoms with E-state index in [9.17, 15) is 0 Å². The number of nitrogens with zero attached hydrogens (tertiary/aromatic N) is 2. The summed E-state index contributed by atoms with van der Waals surface area (Å²) in [5, 5.41) is 2.06. The lowest BCUT2D eigenvalue weighted by atomic mass is 10.3. The SMILES string of the molecule is CN(Cc1cccs1)C(N)=Nc1ccccc1. The number of nitrogens with two attached hydrogens (primary N) is 1. The standard InChI is InChI=1S/C13H15N3S/c1-16(10-12-8-5-9-17-12)13(14)15-11-6-3-2-4-7-11/h2-9H,10H2,1H3,(H2,14,15). The summed E-state index contributed by atoms with van der Waals surface area (Å²) in [6.45, 7) is 0.792. The molecule has 0 bridgehead atoms. The molecule has 2 aromatic rings. The number of para-hydroxylation sites is 1. The van der Waals surface area contributed by atoms with Crippen LogP contribution in [0.4, 0.5) is 5.69 Å². The Morgan fingerprint density at radius 3 is 2.65 bits per heavy atom. The molecule has 0 saturated heterocycles. The van der Waals surface area contributed by atoms with Crippen molar-refractivity contribution in [3.05, 3.63) is 52.7 Å². The van der Waals surface area contributed by atoms with E-state index in [2.05, 4.69) is 16.4 Å². The molecule has 1 aromatic heterocycles. The van der Waals surface area contributed by atoms with E-state index in [4.69, 9.17) is 5.73 Å². The summed E-state index contributed by atoms with van der Waals surface area (Å²) in [6, 6.07) is 13.9. The van der Waals surface area contributed by atoms with Crippen LogP contribution in [0.5, 0.6) is 0 Å². The average Bonchev–Trinajstić information content (AvgIpc) is 2.83. The molecule has 0 aliphatic carbocycles. The number of benzene rings is 1. The number of aliphatic imine (C=N–C) groups is 1. The van der Waals surface area contributed by atoms with Gasteiger partial charge in [-0.25, -0.2) is 4.99 Å². The maximum absolute atomic E-state index is 5.95. The second-order valence-electron chi connectivity index (χ2n) is 3.74. The van der Waals surface area contributed by atoms with Gasteiger partial charge in [-0.15, -0.1) is 11.3 Å². The summed E-state index contributed by atoms with van der Waals surface area (Å²) in [7, 11) is 1.95. The second-order valence-corrected chi connectivity index (χ2v) is 4.77. The highest BCUT2D eigenvalue weighted by atomic mass is 32.1. The molecular weight excluding hydrogens is 230 g/mol. The first-order chi connectivity index (χ1) is 8.25. The van der Waals surface area contributed by atoms with E-state index in [1.54, 1.807) is 11.3 Å². The number of hydrogen-bond acceptors (Lipinski definition) is 2. The molecule has 0 atom stereocenters. The van der Waals surface area contributed by atoms with Gasteiger partial charge in [0, 0.05) is 11.9 Å². The van der Waals surface area contributed by atoms with E-state index in [0.717, 1.165) is 12.2 Å². The molecule has 2 rings (SSSR count). The fourth-order valence-corrected chi connectivity index (χ4v) is 2.19. The Morgan fingerprint density at radius 1 is 1.24 bits per heavy atom. The average molecular weight is 245 g/mol. The topological polar surface area (TPSA) is 41.6 Å². The van der Waals surface area contributed by atoms with E-state index in [1.165, 1.54) is 4.88 Å². The summed E-state index contributed by atoms with van der Waals surface area (Å²) in [4.78, 5) is 7.58. The fraction of sp³-hybridized carbons (Fsp3) is 0.154. The number of rotatable bonds is 3. The molecule has 3 nitrogen and oxygen atoms in total. The van der Waals surface area contributed by atoms with Gasteiger partial charge in [0.15, 0.2) is 5.96 Å². The lowest BCUT2D eigenvalue weighted by Gasteiger charge is -2.16. The molecular formula is C13H15N3S. The van der Waals surface area contributed by atoms with Crippen molar-refractivity contribution in [2.75, 3.05) is 7.05 Å². The Hall–Kier alpha value is -1.81. The van der Waals surface area contributed by atoms with Crippen LogP contribution >= 0.6 is 11.3 Å². The molecule has 0 aliphatic rings. The zero-order chi connectivity index (χ0) is 12.1. The summed E-state index contributed by atoms with van der Waals surface area (Å²) < 4.78 is 0. The molecule has 88 valence electrons. The van der Waals surface area contributed by atoms with Gasteiger partial charge >= 0.3 is 0 Å². The van der Waals surface area contributed by atoms with Crippen molar-refractivity contribution in [3.63, 3.8) is 0 Å². The summed E-state index contributed by atoms with van der Waals surface area (Å²) >= 11 is 1.72. The summed E-state index contributed by atoms with van der Waals surface area (Å²) in [5.74, 6) is 0.532. The van der Waals surface area contributed by atoms with Crippen molar-refractivity contribution in [2.45, 2.75) is 6.54 Å². The van der Waals surface area contributed by atoms with Crippen LogP contribution in [-0.2, 0) is 6.54 Å². The minimum atomic E-state index is 0.532. The van der Waals surface area contributed by atoms with E-state index < -0.39 is 0 Å². The number of hydrogen-bond donors (Lipinski definition) is 1. The highest BCUT2D eigenvalue weighted by Crippen LogP contribution is 2.13. The predicted octanol–water partition coefficient (Wildman–Crippen LogP) is 2.83. The van der Waals surface area contributed by atoms with Crippen molar-refractivity contribution in [3.8, 4) is 0 Å². The molecule has 0 spiro atoms. The number of thiophene rings is 1. The van der Waals surface area contributed by atoms with Gasteiger partial charge in [0.25, 0.3) is 0 Å². The third kappa shape index (κ3) is 3.32. The van der Waals surface area contributed by atoms with Crippen LogP contribution in [0.25, 0.3) is 0 Å². The first-order valence-corrected chi connectivity index (χ1v) is 6.26. The molecule has 4 heteroatoms. The van der Waals surface area contributed by atoms with Gasteiger partial charge in [0.2, 0.25) is 0 Å². The first-order valence-electron chi connectivity index (χ1n) is 5.38. The van der Waals surface area contributed by atoms with Crippen LogP contribution < -0.4 is 5.73 Å². The van der Waals surface area contributed by atoms with Crippen molar-refractivity contribution < 1.29 is 0 Å². The van der Waals surface area contributed by atoms with Gasteiger partial charge in [0.1, 0.15) is 0 Å². The molecule has 2 N–H and O–H groups in total. The van der Waals surface area contributed by atoms with Crippen LogP contribution in [-0.4, -0.2) is 17.9 Å². The van der Waals surface area contributed by atoms with Crippen molar-refractivity contribution >= 4 is 23.0 Å². The van der Waals surface area contributed by atoms with Crippen molar-refractivity contribution in [1.29, 1.82) is 0 Å². The molecule has 0 amide bonds. The molecule has 0 fully saturated rings. The third-order valence-electron chi connectivity index (χ3n) is 2.36. The second kappa shape index (κ2) is 5.50. The highest BCUT2D eigenvalue weighted by Gasteiger charge is 2.03. The molecule has 0 unspecified atom stereocenters. The normalized spacial score (nSPS) is 11.5. The quantitative estimate of drug-likeness (QED) is 0.667. The highest BCUT2D eigenvalue weighted by molar-refractivity contribution is 7.09. The molecule has 17 heavy (non-hydrogen) atoms. The van der Waals surface area contributed by atoms with Crippen LogP contribution in [0.3, 0.4) is 0 Å². The molecule has 1 aromatic carbocycles. The van der Waals surface area contributed by atoms with Gasteiger partial charge in [0.05, 0.1) is 12.2 Å².